The maximum Gasteiger partial charge on any atom is 0.265 e. The first-order chi connectivity index (χ1) is 14.1. The Morgan fingerprint density at radius 1 is 1.07 bits per heavy atom. The van der Waals surface area contributed by atoms with Crippen LogP contribution in [0.3, 0.4) is 0 Å². The number of fused-ring (bicyclic) bond motifs is 1. The van der Waals surface area contributed by atoms with Crippen molar-refractivity contribution in [1.29, 1.82) is 0 Å². The second kappa shape index (κ2) is 8.39. The lowest BCUT2D eigenvalue weighted by Gasteiger charge is -2.42. The van der Waals surface area contributed by atoms with Crippen molar-refractivity contribution in [2.75, 3.05) is 7.11 Å². The Balaban J connectivity index is 1.75. The van der Waals surface area contributed by atoms with Gasteiger partial charge in [0.25, 0.3) is 5.91 Å². The van der Waals surface area contributed by atoms with E-state index in [1.165, 1.54) is 11.1 Å². The maximum absolute atomic E-state index is 12.9. The first-order valence-corrected chi connectivity index (χ1v) is 10.4. The molecular formula is C24H23BrN2O2. The van der Waals surface area contributed by atoms with E-state index in [0.717, 1.165) is 22.2 Å². The molecule has 4 nitrogen and oxygen atoms in total. The third-order valence-corrected chi connectivity index (χ3v) is 5.89. The number of methoxy groups -OCH3 is 1. The van der Waals surface area contributed by atoms with Gasteiger partial charge in [0.1, 0.15) is 5.75 Å². The Bertz CT molecular complexity index is 1010. The highest BCUT2D eigenvalue weighted by molar-refractivity contribution is 9.10. The van der Waals surface area contributed by atoms with Crippen LogP contribution in [0.1, 0.15) is 40.0 Å². The van der Waals surface area contributed by atoms with Crippen molar-refractivity contribution >= 4 is 21.8 Å². The van der Waals surface area contributed by atoms with E-state index in [1.54, 1.807) is 7.11 Å². The van der Waals surface area contributed by atoms with E-state index in [1.807, 2.05) is 48.5 Å². The quantitative estimate of drug-likeness (QED) is 0.598. The second-order valence-corrected chi connectivity index (χ2v) is 8.20. The summed E-state index contributed by atoms with van der Waals surface area (Å²) in [7, 11) is 1.69. The minimum atomic E-state index is -0.100. The molecule has 2 unspecified atom stereocenters. The number of halogens is 1. The molecule has 0 aliphatic carbocycles. The van der Waals surface area contributed by atoms with Crippen molar-refractivity contribution in [3.8, 4) is 5.75 Å². The van der Waals surface area contributed by atoms with E-state index >= 15 is 0 Å². The molecule has 1 aliphatic rings. The highest BCUT2D eigenvalue weighted by Crippen LogP contribution is 2.38. The topological polar surface area (TPSA) is 41.6 Å². The third-order valence-electron chi connectivity index (χ3n) is 5.37. The molecule has 4 rings (SSSR count). The Labute approximate surface area is 179 Å². The van der Waals surface area contributed by atoms with E-state index < -0.39 is 0 Å². The fraction of sp³-hybridized carbons (Fsp3) is 0.208. The molecule has 3 aromatic carbocycles. The normalized spacial score (nSPS) is 18.7. The number of nitrogens with zero attached hydrogens (tertiary/aromatic N) is 1. The van der Waals surface area contributed by atoms with E-state index in [9.17, 15) is 4.79 Å². The number of hydrogen-bond donors (Lipinski definition) is 1. The molecule has 0 saturated carbocycles. The lowest BCUT2D eigenvalue weighted by atomic mass is 9.86. The van der Waals surface area contributed by atoms with Gasteiger partial charge < -0.3 is 4.74 Å². The summed E-state index contributed by atoms with van der Waals surface area (Å²) in [6.45, 7) is 2.14. The monoisotopic (exact) mass is 450 g/mol. The van der Waals surface area contributed by atoms with Crippen LogP contribution in [0.15, 0.2) is 77.3 Å². The highest BCUT2D eigenvalue weighted by Gasteiger charge is 2.34. The molecule has 5 heteroatoms. The summed E-state index contributed by atoms with van der Waals surface area (Å²) in [5, 5.41) is 2.08. The van der Waals surface area contributed by atoms with Gasteiger partial charge >= 0.3 is 0 Å². The molecule has 1 aliphatic heterocycles. The molecule has 0 radical (unpaired) electrons. The average Bonchev–Trinajstić information content (AvgIpc) is 2.75. The number of carbonyl (C=O) groups excluding carboxylic acids is 1. The summed E-state index contributed by atoms with van der Waals surface area (Å²) in [6.07, 6.45) is 0.828. The van der Waals surface area contributed by atoms with Crippen LogP contribution in [0.25, 0.3) is 0 Å². The van der Waals surface area contributed by atoms with E-state index in [0.29, 0.717) is 5.56 Å². The summed E-state index contributed by atoms with van der Waals surface area (Å²) < 4.78 is 6.46. The molecule has 0 aromatic heterocycles. The lowest BCUT2D eigenvalue weighted by Crippen LogP contribution is -2.52. The molecule has 1 amide bonds. The van der Waals surface area contributed by atoms with Crippen LogP contribution in [0, 0.1) is 0 Å². The van der Waals surface area contributed by atoms with Crippen molar-refractivity contribution < 1.29 is 9.53 Å². The number of hydrazine groups is 1. The van der Waals surface area contributed by atoms with Crippen LogP contribution in [0.4, 0.5) is 0 Å². The van der Waals surface area contributed by atoms with E-state index in [4.69, 9.17) is 4.74 Å². The minimum Gasteiger partial charge on any atom is -0.497 e. The second-order valence-electron chi connectivity index (χ2n) is 7.29. The van der Waals surface area contributed by atoms with Gasteiger partial charge in [0.2, 0.25) is 0 Å². The SMILES string of the molecule is COc1ccc2c(c1)CC(C)N(NC(=O)c1ccccc1)C2c1ccc(Br)cc1. The van der Waals surface area contributed by atoms with Crippen molar-refractivity contribution in [1.82, 2.24) is 10.4 Å². The molecule has 148 valence electrons. The van der Waals surface area contributed by atoms with E-state index in [2.05, 4.69) is 57.6 Å². The summed E-state index contributed by atoms with van der Waals surface area (Å²) in [4.78, 5) is 12.9. The first-order valence-electron chi connectivity index (χ1n) is 9.63. The number of amides is 1. The zero-order valence-corrected chi connectivity index (χ0v) is 18.0. The average molecular weight is 451 g/mol. The lowest BCUT2D eigenvalue weighted by molar-refractivity contribution is 0.0552. The molecule has 1 heterocycles. The Morgan fingerprint density at radius 3 is 2.48 bits per heavy atom. The fourth-order valence-corrected chi connectivity index (χ4v) is 4.17. The molecule has 0 fully saturated rings. The molecule has 3 aromatic rings. The van der Waals surface area contributed by atoms with Gasteiger partial charge in [-0.1, -0.05) is 52.3 Å². The zero-order chi connectivity index (χ0) is 20.4. The molecular weight excluding hydrogens is 428 g/mol. The molecule has 29 heavy (non-hydrogen) atoms. The van der Waals surface area contributed by atoms with Gasteiger partial charge in [-0.2, -0.15) is 0 Å². The van der Waals surface area contributed by atoms with Gasteiger partial charge in [-0.3, -0.25) is 10.2 Å². The number of hydrogen-bond acceptors (Lipinski definition) is 3. The van der Waals surface area contributed by atoms with Gasteiger partial charge in [0.15, 0.2) is 0 Å². The summed E-state index contributed by atoms with van der Waals surface area (Å²) >= 11 is 3.52. The third kappa shape index (κ3) is 4.07. The van der Waals surface area contributed by atoms with Crippen molar-refractivity contribution in [3.63, 3.8) is 0 Å². The van der Waals surface area contributed by atoms with Gasteiger partial charge in [0.05, 0.1) is 13.2 Å². The number of rotatable bonds is 4. The number of ether oxygens (including phenoxy) is 1. The van der Waals surface area contributed by atoms with Gasteiger partial charge in [-0.15, -0.1) is 0 Å². The van der Waals surface area contributed by atoms with Crippen LogP contribution in [0.5, 0.6) is 5.75 Å². The van der Waals surface area contributed by atoms with Crippen molar-refractivity contribution in [2.24, 2.45) is 0 Å². The smallest absolute Gasteiger partial charge is 0.265 e. The standard InChI is InChI=1S/C24H23BrN2O2/c1-16-14-19-15-21(29-2)12-13-22(19)23(17-8-10-20(25)11-9-17)27(16)26-24(28)18-6-4-3-5-7-18/h3-13,15-16,23H,14H2,1-2H3,(H,26,28). The molecule has 0 spiro atoms. The molecule has 0 bridgehead atoms. The fourth-order valence-electron chi connectivity index (χ4n) is 3.90. The Hall–Kier alpha value is -2.63. The Kier molecular flexibility index (Phi) is 5.69. The van der Waals surface area contributed by atoms with Crippen LogP contribution in [-0.4, -0.2) is 24.1 Å². The molecule has 1 N–H and O–H groups in total. The van der Waals surface area contributed by atoms with Crippen molar-refractivity contribution in [3.05, 3.63) is 99.5 Å². The predicted molar refractivity (Wildman–Crippen MR) is 118 cm³/mol. The minimum absolute atomic E-state index is 0.0829. The number of nitrogens with one attached hydrogen (secondary N) is 1. The zero-order valence-electron chi connectivity index (χ0n) is 16.4. The summed E-state index contributed by atoms with van der Waals surface area (Å²) in [6, 6.07) is 23.8. The largest absolute Gasteiger partial charge is 0.497 e. The molecule has 0 saturated heterocycles. The van der Waals surface area contributed by atoms with Gasteiger partial charge in [-0.25, -0.2) is 5.01 Å². The summed E-state index contributed by atoms with van der Waals surface area (Å²) in [5.74, 6) is 0.754. The Morgan fingerprint density at radius 2 is 1.79 bits per heavy atom. The first kappa shape index (κ1) is 19.7. The van der Waals surface area contributed by atoms with Crippen LogP contribution >= 0.6 is 15.9 Å². The molecule has 2 atom stereocenters. The van der Waals surface area contributed by atoms with Crippen molar-refractivity contribution in [2.45, 2.75) is 25.4 Å². The highest BCUT2D eigenvalue weighted by atomic mass is 79.9. The van der Waals surface area contributed by atoms with Gasteiger partial charge in [-0.05, 0) is 66.4 Å². The van der Waals surface area contributed by atoms with Crippen LogP contribution < -0.4 is 10.2 Å². The van der Waals surface area contributed by atoms with Crippen LogP contribution in [-0.2, 0) is 6.42 Å². The predicted octanol–water partition coefficient (Wildman–Crippen LogP) is 5.14. The number of carbonyl (C=O) groups is 1. The van der Waals surface area contributed by atoms with E-state index in [-0.39, 0.29) is 18.0 Å². The maximum atomic E-state index is 12.9. The van der Waals surface area contributed by atoms with Crippen LogP contribution in [0.2, 0.25) is 0 Å². The summed E-state index contributed by atoms with van der Waals surface area (Å²) in [5.41, 5.74) is 7.37. The number of benzene rings is 3. The van der Waals surface area contributed by atoms with Gasteiger partial charge in [0, 0.05) is 16.1 Å².